The molecule has 0 aliphatic carbocycles. The summed E-state index contributed by atoms with van der Waals surface area (Å²) in [5, 5.41) is 2.75. The molecule has 1 aliphatic rings. The van der Waals surface area contributed by atoms with Crippen LogP contribution in [0.1, 0.15) is 84.1 Å². The van der Waals surface area contributed by atoms with Gasteiger partial charge in [-0.2, -0.15) is 9.51 Å². The lowest BCUT2D eigenvalue weighted by Gasteiger charge is -2.38. The van der Waals surface area contributed by atoms with E-state index in [4.69, 9.17) is 23.5 Å². The zero-order chi connectivity index (χ0) is 50.7. The van der Waals surface area contributed by atoms with Crippen molar-refractivity contribution in [2.75, 3.05) is 32.3 Å². The van der Waals surface area contributed by atoms with Gasteiger partial charge in [-0.1, -0.05) is 133 Å². The van der Waals surface area contributed by atoms with Crippen LogP contribution >= 0.6 is 7.87 Å². The molecule has 14 heteroatoms. The zero-order valence-corrected chi connectivity index (χ0v) is 44.2. The van der Waals surface area contributed by atoms with E-state index in [-0.39, 0.29) is 42.4 Å². The summed E-state index contributed by atoms with van der Waals surface area (Å²) < 4.78 is 36.5. The highest BCUT2D eigenvalue weighted by Crippen LogP contribution is 2.64. The molecule has 12 nitrogen and oxygen atoms in total. The Kier molecular flexibility index (Phi) is 17.3. The zero-order valence-electron chi connectivity index (χ0n) is 41.9. The number of rotatable bonds is 22. The van der Waals surface area contributed by atoms with Gasteiger partial charge in [0, 0.05) is 39.8 Å². The third kappa shape index (κ3) is 12.0. The van der Waals surface area contributed by atoms with E-state index < -0.39 is 47.1 Å². The molecule has 0 saturated carbocycles. The van der Waals surface area contributed by atoms with Gasteiger partial charge in [0.25, 0.3) is 5.91 Å². The van der Waals surface area contributed by atoms with Crippen molar-refractivity contribution in [2.24, 2.45) is 0 Å². The Hall–Kier alpha value is -6.28. The third-order valence-electron chi connectivity index (χ3n) is 13.3. The number of ether oxygens (including phenoxy) is 4. The number of carbonyl (C=O) groups excluding carboxylic acids is 1. The molecule has 7 aromatic rings. The van der Waals surface area contributed by atoms with E-state index in [2.05, 4.69) is 91.2 Å². The molecular formula is C58H66N4O8PSi+. The summed E-state index contributed by atoms with van der Waals surface area (Å²) in [6.07, 6.45) is -0.147. The molecule has 1 aliphatic heterocycles. The van der Waals surface area contributed by atoms with Gasteiger partial charge in [-0.05, 0) is 110 Å². The predicted octanol–water partition coefficient (Wildman–Crippen LogP) is 10.4. The van der Waals surface area contributed by atoms with Crippen LogP contribution in [0.15, 0.2) is 187 Å². The first kappa shape index (κ1) is 52.1. The molecule has 2 heterocycles. The lowest BCUT2D eigenvalue weighted by atomic mass is 9.80. The van der Waals surface area contributed by atoms with Crippen molar-refractivity contribution in [3.8, 4) is 11.5 Å². The Morgan fingerprint density at radius 1 is 0.750 bits per heavy atom. The smallest absolute Gasteiger partial charge is 0.351 e. The van der Waals surface area contributed by atoms with Crippen LogP contribution in [0.25, 0.3) is 0 Å². The van der Waals surface area contributed by atoms with Crippen molar-refractivity contribution in [1.29, 1.82) is 0 Å². The molecule has 0 spiro atoms. The molecule has 0 bridgehead atoms. The molecule has 1 aromatic heterocycles. The Morgan fingerprint density at radius 2 is 1.25 bits per heavy atom. The highest BCUT2D eigenvalue weighted by atomic mass is 31.2. The molecule has 1 unspecified atom stereocenters. The summed E-state index contributed by atoms with van der Waals surface area (Å²) in [5.74, 6) is 1.12. The fraction of sp³-hybridized carbons (Fsp3) is 0.293. The number of hydrogen-bond donors (Lipinski definition) is 2. The maximum Gasteiger partial charge on any atom is 0.351 e. The van der Waals surface area contributed by atoms with Gasteiger partial charge in [-0.3, -0.25) is 9.36 Å². The van der Waals surface area contributed by atoms with Crippen molar-refractivity contribution in [3.63, 3.8) is 0 Å². The van der Waals surface area contributed by atoms with E-state index >= 15 is 0 Å². The molecule has 8 rings (SSSR count). The number of nitrogens with one attached hydrogen (secondary N) is 1. The van der Waals surface area contributed by atoms with Gasteiger partial charge >= 0.3 is 13.6 Å². The normalized spacial score (nSPS) is 17.0. The second kappa shape index (κ2) is 24.0. The van der Waals surface area contributed by atoms with E-state index in [1.807, 2.05) is 97.1 Å². The Morgan fingerprint density at radius 3 is 1.75 bits per heavy atom. The minimum atomic E-state index is -3.40. The predicted molar refractivity (Wildman–Crippen MR) is 289 cm³/mol. The lowest BCUT2D eigenvalue weighted by Crippen LogP contribution is -2.42. The fourth-order valence-corrected chi connectivity index (χ4v) is 16.6. The van der Waals surface area contributed by atoms with Gasteiger partial charge in [0.05, 0.1) is 20.8 Å². The number of amides is 1. The second-order valence-electron chi connectivity index (χ2n) is 18.6. The number of hydrogen-bond acceptors (Lipinski definition) is 10. The third-order valence-corrected chi connectivity index (χ3v) is 19.3. The summed E-state index contributed by atoms with van der Waals surface area (Å²) in [5.41, 5.74) is 3.97. The Labute approximate surface area is 426 Å². The van der Waals surface area contributed by atoms with Crippen molar-refractivity contribution < 1.29 is 33.2 Å². The van der Waals surface area contributed by atoms with Crippen LogP contribution in [0, 0.1) is 0 Å². The molecule has 72 heavy (non-hydrogen) atoms. The van der Waals surface area contributed by atoms with Gasteiger partial charge in [-0.15, -0.1) is 4.67 Å². The van der Waals surface area contributed by atoms with Gasteiger partial charge < -0.3 is 24.3 Å². The van der Waals surface area contributed by atoms with E-state index in [9.17, 15) is 14.5 Å². The second-order valence-corrected chi connectivity index (χ2v) is 23.2. The molecule has 6 aromatic carbocycles. The van der Waals surface area contributed by atoms with Crippen LogP contribution in [0.5, 0.6) is 11.5 Å². The number of aromatic nitrogens is 2. The molecule has 1 fully saturated rings. The number of carbonyl (C=O) groups is 1. The van der Waals surface area contributed by atoms with Crippen LogP contribution in [0.3, 0.4) is 0 Å². The number of anilines is 1. The largest absolute Gasteiger partial charge is 0.497 e. The van der Waals surface area contributed by atoms with Crippen molar-refractivity contribution in [1.82, 2.24) is 14.2 Å². The molecule has 4 atom stereocenters. The summed E-state index contributed by atoms with van der Waals surface area (Å²) in [7, 11) is -1.01. The molecule has 1 saturated heterocycles. The van der Waals surface area contributed by atoms with Crippen LogP contribution < -0.4 is 20.5 Å². The van der Waals surface area contributed by atoms with Gasteiger partial charge in [0.1, 0.15) is 47.5 Å². The minimum absolute atomic E-state index is 0.0102. The first-order valence-corrected chi connectivity index (χ1v) is 28.3. The van der Waals surface area contributed by atoms with Crippen molar-refractivity contribution in [2.45, 2.75) is 81.8 Å². The molecule has 2 N–H and O–H groups in total. The highest BCUT2D eigenvalue weighted by Gasteiger charge is 2.54. The standard InChI is InChI=1S/C58H65N4O8PSi/c1-41(2)62(42(3)4)71(65,37-38-72-55(43-19-11-7-12-20-43)44-21-13-8-14-22-44)70-51-39-54(61-36-35-53(60-57(61)64)59-56(63)45-23-15-9-16-24-45)69-52(51)40-68-58(46-25-17-10-18-26-46,47-27-31-49(66-5)32-28-47)48-29-33-50(67-6)34-30-48/h7-36,41-42,51-52,54-55,65H,37-40,72H2,1-6H3/p+1/t51-,52+,54+,71?/m0/s1. The van der Waals surface area contributed by atoms with Crippen molar-refractivity contribution in [3.05, 3.63) is 226 Å². The van der Waals surface area contributed by atoms with Gasteiger partial charge in [-0.25, -0.2) is 9.69 Å². The quantitative estimate of drug-likeness (QED) is 0.0384. The summed E-state index contributed by atoms with van der Waals surface area (Å²) in [6.45, 7) is 8.37. The lowest BCUT2D eigenvalue weighted by molar-refractivity contribution is -0.0928. The van der Waals surface area contributed by atoms with Crippen LogP contribution in [0.4, 0.5) is 5.82 Å². The monoisotopic (exact) mass is 1010 g/mol. The topological polar surface area (TPSA) is 134 Å². The highest BCUT2D eigenvalue weighted by molar-refractivity contribution is 7.63. The van der Waals surface area contributed by atoms with Crippen LogP contribution in [0.2, 0.25) is 6.04 Å². The molecule has 0 radical (unpaired) electrons. The number of benzene rings is 6. The van der Waals surface area contributed by atoms with E-state index in [1.54, 1.807) is 50.7 Å². The number of methoxy groups -OCH3 is 2. The minimum Gasteiger partial charge on any atom is -0.497 e. The Balaban J connectivity index is 1.17. The molecule has 374 valence electrons. The molecular weight excluding hydrogens is 940 g/mol. The van der Waals surface area contributed by atoms with E-state index in [1.165, 1.54) is 15.7 Å². The number of nitrogens with zero attached hydrogens (tertiary/aromatic N) is 3. The first-order valence-electron chi connectivity index (χ1n) is 24.7. The first-order chi connectivity index (χ1) is 34.9. The molecule has 1 amide bonds. The van der Waals surface area contributed by atoms with Crippen LogP contribution in [-0.4, -0.2) is 85.8 Å². The van der Waals surface area contributed by atoms with Crippen molar-refractivity contribution >= 4 is 29.1 Å². The van der Waals surface area contributed by atoms with Gasteiger partial charge in [0.15, 0.2) is 0 Å². The van der Waals surface area contributed by atoms with Crippen LogP contribution in [-0.2, 0) is 19.6 Å². The summed E-state index contributed by atoms with van der Waals surface area (Å²) >= 11 is 0. The summed E-state index contributed by atoms with van der Waals surface area (Å²) in [6, 6.07) is 58.0. The SMILES string of the molecule is COc1ccc(C(OC[C@H]2O[C@@H](n3ccc(NC(=O)c4ccccc4)nc3=O)C[C@@H]2O[P+](O)(CC[SiH2]C(c2ccccc2)c2ccccc2)N(C(C)C)C(C)C)(c2ccccc2)c2ccc(OC)cc2)cc1. The van der Waals surface area contributed by atoms with E-state index in [0.717, 1.165) is 22.7 Å². The average molecular weight is 1010 g/mol. The van der Waals surface area contributed by atoms with E-state index in [0.29, 0.717) is 23.2 Å². The Bertz CT molecular complexity index is 2770. The summed E-state index contributed by atoms with van der Waals surface area (Å²) in [4.78, 5) is 44.8. The average Bonchev–Trinajstić information content (AvgIpc) is 3.80. The maximum atomic E-state index is 14.0. The fourth-order valence-electron chi connectivity index (χ4n) is 10.0. The van der Waals surface area contributed by atoms with Gasteiger partial charge in [0.2, 0.25) is 0 Å². The maximum absolute atomic E-state index is 14.0.